The summed E-state index contributed by atoms with van der Waals surface area (Å²) in [6, 6.07) is 8.45. The van der Waals surface area contributed by atoms with Crippen LogP contribution in [0.4, 0.5) is 4.79 Å². The molecule has 0 bridgehead atoms. The number of hydrogen-bond acceptors (Lipinski definition) is 6. The van der Waals surface area contributed by atoms with Gasteiger partial charge in [0.2, 0.25) is 5.91 Å². The number of hydrogen-bond donors (Lipinski definition) is 1. The van der Waals surface area contributed by atoms with Crippen molar-refractivity contribution in [1.29, 1.82) is 0 Å². The van der Waals surface area contributed by atoms with Gasteiger partial charge in [-0.1, -0.05) is 24.3 Å². The van der Waals surface area contributed by atoms with Gasteiger partial charge in [0.15, 0.2) is 5.96 Å². The number of amides is 2. The van der Waals surface area contributed by atoms with Gasteiger partial charge in [0.05, 0.1) is 12.6 Å². The molecule has 1 N–H and O–H groups in total. The van der Waals surface area contributed by atoms with Gasteiger partial charge in [-0.15, -0.1) is 24.0 Å². The third kappa shape index (κ3) is 5.85. The quantitative estimate of drug-likeness (QED) is 0.579. The van der Waals surface area contributed by atoms with Crippen molar-refractivity contribution in [3.63, 3.8) is 0 Å². The van der Waals surface area contributed by atoms with Gasteiger partial charge in [-0.05, 0) is 38.3 Å². The van der Waals surface area contributed by atoms with E-state index in [1.807, 2.05) is 37.8 Å². The first-order valence-electron chi connectivity index (χ1n) is 11.2. The lowest BCUT2D eigenvalue weighted by molar-refractivity contribution is -0.128. The van der Waals surface area contributed by atoms with E-state index in [1.54, 1.807) is 4.90 Å². The molecule has 1 aromatic carbocycles. The maximum Gasteiger partial charge on any atom is 0.410 e. The van der Waals surface area contributed by atoms with Crippen molar-refractivity contribution in [1.82, 2.24) is 20.0 Å². The fourth-order valence-corrected chi connectivity index (χ4v) is 4.36. The number of aliphatic imine (C=N–C) groups is 1. The molecule has 2 amide bonds. The largest absolute Gasteiger partial charge is 0.444 e. The molecule has 0 aromatic heterocycles. The van der Waals surface area contributed by atoms with Crippen LogP contribution in [0.2, 0.25) is 0 Å². The Morgan fingerprint density at radius 3 is 2.62 bits per heavy atom. The molecule has 9 heteroatoms. The Morgan fingerprint density at radius 2 is 1.94 bits per heavy atom. The van der Waals surface area contributed by atoms with E-state index < -0.39 is 5.60 Å². The molecule has 3 heterocycles. The highest BCUT2D eigenvalue weighted by Crippen LogP contribution is 2.20. The minimum Gasteiger partial charge on any atom is -0.444 e. The van der Waals surface area contributed by atoms with Gasteiger partial charge in [-0.25, -0.2) is 4.79 Å². The third-order valence-corrected chi connectivity index (χ3v) is 5.95. The van der Waals surface area contributed by atoms with Crippen LogP contribution in [-0.4, -0.2) is 77.0 Å². The summed E-state index contributed by atoms with van der Waals surface area (Å²) >= 11 is 0. The van der Waals surface area contributed by atoms with Gasteiger partial charge in [0.25, 0.3) is 0 Å². The summed E-state index contributed by atoms with van der Waals surface area (Å²) in [5.41, 5.74) is 1.87. The van der Waals surface area contributed by atoms with Crippen LogP contribution >= 0.6 is 24.0 Å². The summed E-state index contributed by atoms with van der Waals surface area (Å²) in [6.07, 6.45) is 1.36. The van der Waals surface area contributed by atoms with E-state index in [9.17, 15) is 9.59 Å². The molecule has 3 aliphatic rings. The summed E-state index contributed by atoms with van der Waals surface area (Å²) in [5, 5.41) is 3.49. The number of benzene rings is 1. The van der Waals surface area contributed by atoms with Crippen LogP contribution in [0, 0.1) is 0 Å². The predicted molar refractivity (Wildman–Crippen MR) is 134 cm³/mol. The summed E-state index contributed by atoms with van der Waals surface area (Å²) < 4.78 is 5.52. The maximum atomic E-state index is 12.4. The minimum atomic E-state index is -0.486. The van der Waals surface area contributed by atoms with Crippen molar-refractivity contribution in [2.75, 3.05) is 32.7 Å². The molecule has 0 aliphatic carbocycles. The maximum absolute atomic E-state index is 12.4. The molecule has 1 atom stereocenters. The Morgan fingerprint density at radius 1 is 1.19 bits per heavy atom. The van der Waals surface area contributed by atoms with Crippen molar-refractivity contribution in [2.24, 2.45) is 4.99 Å². The van der Waals surface area contributed by atoms with Crippen molar-refractivity contribution in [3.8, 4) is 0 Å². The van der Waals surface area contributed by atoms with E-state index in [0.29, 0.717) is 39.1 Å². The van der Waals surface area contributed by atoms with Gasteiger partial charge < -0.3 is 24.8 Å². The summed E-state index contributed by atoms with van der Waals surface area (Å²) in [6.45, 7) is 10.5. The van der Waals surface area contributed by atoms with Crippen LogP contribution in [0.1, 0.15) is 44.7 Å². The number of fused-ring (bicyclic) bond motifs is 1. The number of nitrogens with zero attached hydrogens (tertiary/aromatic N) is 4. The Labute approximate surface area is 207 Å². The molecule has 1 unspecified atom stereocenters. The smallest absolute Gasteiger partial charge is 0.410 e. The number of likely N-dealkylation sites (tertiary alicyclic amines) is 1. The first-order chi connectivity index (χ1) is 14.8. The average Bonchev–Trinajstić information content (AvgIpc) is 3.31. The zero-order valence-corrected chi connectivity index (χ0v) is 21.5. The lowest BCUT2D eigenvalue weighted by atomic mass is 10.1. The minimum absolute atomic E-state index is 0. The second kappa shape index (κ2) is 10.3. The molecular weight excluding hydrogens is 521 g/mol. The Balaban J connectivity index is 0.00000289. The summed E-state index contributed by atoms with van der Waals surface area (Å²) in [7, 11) is 0. The molecular formula is C23H34IN5O3. The molecule has 1 aromatic rings. The predicted octanol–water partition coefficient (Wildman–Crippen LogP) is 2.81. The number of piperazine rings is 1. The van der Waals surface area contributed by atoms with Crippen LogP contribution in [0.15, 0.2) is 29.3 Å². The SMILES string of the molecule is CC(C)(C)OC(=O)N1CCN2C(NCc3ccccc3CN3CCCC3=O)=NCC2C1.I. The van der Waals surface area contributed by atoms with E-state index >= 15 is 0 Å². The molecule has 8 nitrogen and oxygen atoms in total. The second-order valence-electron chi connectivity index (χ2n) is 9.48. The van der Waals surface area contributed by atoms with Gasteiger partial charge in [0, 0.05) is 45.7 Å². The van der Waals surface area contributed by atoms with Crippen LogP contribution in [-0.2, 0) is 22.6 Å². The van der Waals surface area contributed by atoms with Crippen molar-refractivity contribution in [3.05, 3.63) is 35.4 Å². The summed E-state index contributed by atoms with van der Waals surface area (Å²) in [4.78, 5) is 35.1. The molecule has 32 heavy (non-hydrogen) atoms. The van der Waals surface area contributed by atoms with E-state index in [-0.39, 0.29) is 42.0 Å². The zero-order chi connectivity index (χ0) is 22.0. The average molecular weight is 555 g/mol. The van der Waals surface area contributed by atoms with Crippen LogP contribution in [0.25, 0.3) is 0 Å². The standard InChI is InChI=1S/C23H33N5O3.HI/c1-23(2,3)31-22(30)27-11-12-28-19(16-27)14-25-21(28)24-13-17-7-4-5-8-18(17)15-26-10-6-9-20(26)29;/h4-5,7-8,19H,6,9-16H2,1-3H3,(H,24,25);1H. The highest BCUT2D eigenvalue weighted by Gasteiger charge is 2.36. The molecule has 0 radical (unpaired) electrons. The first-order valence-corrected chi connectivity index (χ1v) is 11.2. The molecule has 3 aliphatic heterocycles. The molecule has 0 spiro atoms. The molecule has 4 rings (SSSR count). The van der Waals surface area contributed by atoms with Crippen LogP contribution in [0.3, 0.4) is 0 Å². The van der Waals surface area contributed by atoms with Gasteiger partial charge in [0.1, 0.15) is 5.60 Å². The number of carbonyl (C=O) groups is 2. The monoisotopic (exact) mass is 555 g/mol. The lowest BCUT2D eigenvalue weighted by Gasteiger charge is -2.39. The first kappa shape index (κ1) is 24.6. The van der Waals surface area contributed by atoms with Crippen LogP contribution in [0.5, 0.6) is 0 Å². The second-order valence-corrected chi connectivity index (χ2v) is 9.48. The highest BCUT2D eigenvalue weighted by molar-refractivity contribution is 14.0. The molecule has 0 saturated carbocycles. The number of carbonyl (C=O) groups excluding carboxylic acids is 2. The zero-order valence-electron chi connectivity index (χ0n) is 19.2. The third-order valence-electron chi connectivity index (χ3n) is 5.95. The van der Waals surface area contributed by atoms with Crippen molar-refractivity contribution in [2.45, 2.75) is 58.3 Å². The fraction of sp³-hybridized carbons (Fsp3) is 0.609. The fourth-order valence-electron chi connectivity index (χ4n) is 4.36. The number of nitrogens with one attached hydrogen (secondary N) is 1. The molecule has 2 saturated heterocycles. The van der Waals surface area contributed by atoms with E-state index in [4.69, 9.17) is 9.73 Å². The van der Waals surface area contributed by atoms with Crippen molar-refractivity contribution >= 4 is 41.9 Å². The Kier molecular flexibility index (Phi) is 7.89. The van der Waals surface area contributed by atoms with Gasteiger partial charge >= 0.3 is 6.09 Å². The normalized spacial score (nSPS) is 20.6. The van der Waals surface area contributed by atoms with Gasteiger partial charge in [-0.3, -0.25) is 9.79 Å². The summed E-state index contributed by atoms with van der Waals surface area (Å²) in [5.74, 6) is 1.13. The van der Waals surface area contributed by atoms with Gasteiger partial charge in [-0.2, -0.15) is 0 Å². The number of ether oxygens (including phenoxy) is 1. The number of halogens is 1. The molecule has 2 fully saturated rings. The topological polar surface area (TPSA) is 77.5 Å². The Hall–Kier alpha value is -2.04. The van der Waals surface area contributed by atoms with E-state index in [2.05, 4.69) is 22.3 Å². The Bertz CT molecular complexity index is 869. The van der Waals surface area contributed by atoms with E-state index in [0.717, 1.165) is 25.5 Å². The van der Waals surface area contributed by atoms with E-state index in [1.165, 1.54) is 11.1 Å². The number of guanidine groups is 1. The van der Waals surface area contributed by atoms with Crippen LogP contribution < -0.4 is 5.32 Å². The van der Waals surface area contributed by atoms with Crippen molar-refractivity contribution < 1.29 is 14.3 Å². The highest BCUT2D eigenvalue weighted by atomic mass is 127. The lowest BCUT2D eigenvalue weighted by Crippen LogP contribution is -2.57. The molecule has 176 valence electrons. The number of rotatable bonds is 4.